The van der Waals surface area contributed by atoms with E-state index in [4.69, 9.17) is 4.98 Å². The van der Waals surface area contributed by atoms with Crippen LogP contribution in [-0.4, -0.2) is 38.2 Å². The molecular formula is C29H28N4. The average Bonchev–Trinajstić information content (AvgIpc) is 3.28. The van der Waals surface area contributed by atoms with Crippen LogP contribution >= 0.6 is 0 Å². The number of hydrogen-bond acceptors (Lipinski definition) is 3. The van der Waals surface area contributed by atoms with Gasteiger partial charge in [0.2, 0.25) is 0 Å². The van der Waals surface area contributed by atoms with Gasteiger partial charge < -0.3 is 14.8 Å². The van der Waals surface area contributed by atoms with E-state index >= 15 is 0 Å². The number of hydrogen-bond donors (Lipinski definition) is 1. The minimum atomic E-state index is 0.967. The van der Waals surface area contributed by atoms with Gasteiger partial charge in [0, 0.05) is 73.4 Å². The Balaban J connectivity index is 1.67. The zero-order valence-corrected chi connectivity index (χ0v) is 19.5. The van der Waals surface area contributed by atoms with Crippen LogP contribution in [0.2, 0.25) is 0 Å². The van der Waals surface area contributed by atoms with E-state index in [1.165, 1.54) is 22.3 Å². The van der Waals surface area contributed by atoms with Crippen molar-refractivity contribution in [3.05, 3.63) is 91.1 Å². The highest BCUT2D eigenvalue weighted by Crippen LogP contribution is 2.34. The molecule has 4 heteroatoms. The summed E-state index contributed by atoms with van der Waals surface area (Å²) >= 11 is 0. The molecule has 0 aliphatic carbocycles. The van der Waals surface area contributed by atoms with Gasteiger partial charge in [-0.2, -0.15) is 0 Å². The maximum atomic E-state index is 5.08. The van der Waals surface area contributed by atoms with E-state index in [0.717, 1.165) is 33.6 Å². The van der Waals surface area contributed by atoms with Crippen LogP contribution in [0.1, 0.15) is 0 Å². The fourth-order valence-corrected chi connectivity index (χ4v) is 4.15. The Morgan fingerprint density at radius 1 is 0.606 bits per heavy atom. The van der Waals surface area contributed by atoms with Crippen LogP contribution in [-0.2, 0) is 0 Å². The molecule has 4 nitrogen and oxygen atoms in total. The molecule has 0 amide bonds. The summed E-state index contributed by atoms with van der Waals surface area (Å²) in [5.74, 6) is 0. The SMILES string of the molecule is CN(C)c1ccc(-c2cc(-c3c[nH]c4ccccc34)cc(-c3ccc(N(C)C)cc3)n2)cc1. The molecule has 3 aromatic carbocycles. The molecule has 33 heavy (non-hydrogen) atoms. The molecule has 5 aromatic rings. The maximum absolute atomic E-state index is 5.08. The van der Waals surface area contributed by atoms with Crippen molar-refractivity contribution in [3.8, 4) is 33.6 Å². The monoisotopic (exact) mass is 432 g/mol. The van der Waals surface area contributed by atoms with Crippen molar-refractivity contribution in [1.82, 2.24) is 9.97 Å². The van der Waals surface area contributed by atoms with E-state index in [0.29, 0.717) is 0 Å². The molecule has 0 unspecified atom stereocenters. The van der Waals surface area contributed by atoms with Gasteiger partial charge in [-0.25, -0.2) is 4.98 Å². The second-order valence-electron chi connectivity index (χ2n) is 8.76. The predicted octanol–water partition coefficient (Wildman–Crippen LogP) is 6.70. The molecule has 1 N–H and O–H groups in total. The molecular weight excluding hydrogens is 404 g/mol. The number of nitrogens with zero attached hydrogens (tertiary/aromatic N) is 3. The highest BCUT2D eigenvalue weighted by molar-refractivity contribution is 5.96. The lowest BCUT2D eigenvalue weighted by molar-refractivity contribution is 1.13. The predicted molar refractivity (Wildman–Crippen MR) is 141 cm³/mol. The Morgan fingerprint density at radius 3 is 1.64 bits per heavy atom. The summed E-state index contributed by atoms with van der Waals surface area (Å²) < 4.78 is 0. The van der Waals surface area contributed by atoms with Crippen molar-refractivity contribution in [1.29, 1.82) is 0 Å². The number of benzene rings is 3. The fourth-order valence-electron chi connectivity index (χ4n) is 4.15. The number of pyridine rings is 1. The van der Waals surface area contributed by atoms with E-state index in [1.54, 1.807) is 0 Å². The maximum Gasteiger partial charge on any atom is 0.0715 e. The van der Waals surface area contributed by atoms with E-state index in [1.807, 2.05) is 0 Å². The topological polar surface area (TPSA) is 35.2 Å². The Labute approximate surface area is 195 Å². The van der Waals surface area contributed by atoms with Crippen molar-refractivity contribution < 1.29 is 0 Å². The third-order valence-electron chi connectivity index (χ3n) is 6.08. The molecule has 0 fully saturated rings. The highest BCUT2D eigenvalue weighted by Gasteiger charge is 2.12. The van der Waals surface area contributed by atoms with Crippen molar-refractivity contribution in [2.75, 3.05) is 38.0 Å². The lowest BCUT2D eigenvalue weighted by Crippen LogP contribution is -2.08. The summed E-state index contributed by atoms with van der Waals surface area (Å²) in [5, 5.41) is 1.21. The third-order valence-corrected chi connectivity index (χ3v) is 6.08. The van der Waals surface area contributed by atoms with E-state index in [2.05, 4.69) is 134 Å². The zero-order chi connectivity index (χ0) is 22.9. The standard InChI is InChI=1S/C29H28N4/c1-32(2)23-13-9-20(10-14-23)28-17-22(26-19-30-27-8-6-5-7-25(26)27)18-29(31-28)21-11-15-24(16-12-21)33(3)4/h5-19,30H,1-4H3. The number of aromatic nitrogens is 2. The zero-order valence-electron chi connectivity index (χ0n) is 19.5. The molecule has 0 bridgehead atoms. The first-order valence-electron chi connectivity index (χ1n) is 11.1. The van der Waals surface area contributed by atoms with Gasteiger partial charge in [-0.3, -0.25) is 0 Å². The minimum Gasteiger partial charge on any atom is -0.378 e. The molecule has 2 heterocycles. The van der Waals surface area contributed by atoms with Crippen LogP contribution in [0.3, 0.4) is 0 Å². The van der Waals surface area contributed by atoms with Crippen LogP contribution in [0.15, 0.2) is 91.1 Å². The normalized spacial score (nSPS) is 11.0. The molecule has 0 saturated carbocycles. The van der Waals surface area contributed by atoms with E-state index in [9.17, 15) is 0 Å². The average molecular weight is 433 g/mol. The third kappa shape index (κ3) is 4.08. The molecule has 0 aliphatic rings. The summed E-state index contributed by atoms with van der Waals surface area (Å²) in [7, 11) is 8.22. The van der Waals surface area contributed by atoms with Gasteiger partial charge in [0.1, 0.15) is 0 Å². The number of aromatic amines is 1. The highest BCUT2D eigenvalue weighted by atomic mass is 15.1. The first-order valence-corrected chi connectivity index (χ1v) is 11.1. The quantitative estimate of drug-likeness (QED) is 0.336. The molecule has 0 atom stereocenters. The van der Waals surface area contributed by atoms with E-state index in [-0.39, 0.29) is 0 Å². The second-order valence-corrected chi connectivity index (χ2v) is 8.76. The van der Waals surface area contributed by atoms with Gasteiger partial charge in [-0.1, -0.05) is 42.5 Å². The Kier molecular flexibility index (Phi) is 5.35. The minimum absolute atomic E-state index is 0.967. The number of fused-ring (bicyclic) bond motifs is 1. The fraction of sp³-hybridized carbons (Fsp3) is 0.138. The van der Waals surface area contributed by atoms with Gasteiger partial charge >= 0.3 is 0 Å². The summed E-state index contributed by atoms with van der Waals surface area (Å²) in [4.78, 5) is 12.7. The van der Waals surface area contributed by atoms with Crippen LogP contribution in [0, 0.1) is 0 Å². The summed E-state index contributed by atoms with van der Waals surface area (Å²) in [5.41, 5.74) is 9.97. The number of anilines is 2. The van der Waals surface area contributed by atoms with Crippen molar-refractivity contribution in [3.63, 3.8) is 0 Å². The Bertz CT molecular complexity index is 1320. The Morgan fingerprint density at radius 2 is 1.12 bits per heavy atom. The van der Waals surface area contributed by atoms with Crippen molar-refractivity contribution in [2.24, 2.45) is 0 Å². The van der Waals surface area contributed by atoms with Crippen LogP contribution in [0.25, 0.3) is 44.5 Å². The molecule has 0 saturated heterocycles. The summed E-state index contributed by atoms with van der Waals surface area (Å²) in [6.45, 7) is 0. The van der Waals surface area contributed by atoms with Crippen LogP contribution in [0.4, 0.5) is 11.4 Å². The molecule has 0 aliphatic heterocycles. The molecule has 0 radical (unpaired) electrons. The van der Waals surface area contributed by atoms with Gasteiger partial charge in [0.15, 0.2) is 0 Å². The van der Waals surface area contributed by atoms with Crippen LogP contribution in [0.5, 0.6) is 0 Å². The number of H-pyrrole nitrogens is 1. The Hall–Kier alpha value is -4.05. The number of rotatable bonds is 5. The van der Waals surface area contributed by atoms with Crippen LogP contribution < -0.4 is 9.80 Å². The number of para-hydroxylation sites is 1. The van der Waals surface area contributed by atoms with Crippen molar-refractivity contribution in [2.45, 2.75) is 0 Å². The summed E-state index contributed by atoms with van der Waals surface area (Å²) in [6.07, 6.45) is 2.10. The number of nitrogens with one attached hydrogen (secondary N) is 1. The molecule has 5 rings (SSSR count). The summed E-state index contributed by atoms with van der Waals surface area (Å²) in [6, 6.07) is 30.0. The molecule has 164 valence electrons. The lowest BCUT2D eigenvalue weighted by atomic mass is 9.99. The molecule has 2 aromatic heterocycles. The lowest BCUT2D eigenvalue weighted by Gasteiger charge is -2.15. The second kappa shape index (κ2) is 8.47. The van der Waals surface area contributed by atoms with Crippen molar-refractivity contribution >= 4 is 22.3 Å². The largest absolute Gasteiger partial charge is 0.378 e. The molecule has 0 spiro atoms. The van der Waals surface area contributed by atoms with Gasteiger partial charge in [0.05, 0.1) is 11.4 Å². The first-order chi connectivity index (χ1) is 16.0. The van der Waals surface area contributed by atoms with E-state index < -0.39 is 0 Å². The van der Waals surface area contributed by atoms with Gasteiger partial charge in [0.25, 0.3) is 0 Å². The smallest absolute Gasteiger partial charge is 0.0715 e. The first kappa shape index (κ1) is 20.8. The van der Waals surface area contributed by atoms with Gasteiger partial charge in [-0.15, -0.1) is 0 Å². The van der Waals surface area contributed by atoms with Gasteiger partial charge in [-0.05, 0) is 48.0 Å².